The average Bonchev–Trinajstić information content (AvgIpc) is 2.91. The third-order valence-electron chi connectivity index (χ3n) is 5.97. The van der Waals surface area contributed by atoms with E-state index in [1.807, 2.05) is 41.5 Å². The molecule has 0 atom stereocenters. The van der Waals surface area contributed by atoms with Crippen LogP contribution in [0, 0.1) is 5.92 Å². The molecule has 1 aliphatic heterocycles. The van der Waals surface area contributed by atoms with Crippen LogP contribution in [0.5, 0.6) is 0 Å². The van der Waals surface area contributed by atoms with Gasteiger partial charge in [0.15, 0.2) is 0 Å². The van der Waals surface area contributed by atoms with Gasteiger partial charge in [0, 0.05) is 49.5 Å². The largest absolute Gasteiger partial charge is 0.331 e. The minimum atomic E-state index is -0.201. The second-order valence-electron chi connectivity index (χ2n) is 10.4. The van der Waals surface area contributed by atoms with E-state index in [2.05, 4.69) is 37.5 Å². The van der Waals surface area contributed by atoms with E-state index in [1.54, 1.807) is 10.8 Å². The molecule has 6 nitrogen and oxygen atoms in total. The predicted molar refractivity (Wildman–Crippen MR) is 146 cm³/mol. The molecule has 1 aromatic heterocycles. The SMILES string of the molecule is C.C.CC(C)Cn1c(=O)c(C(C)C)cn(C(C)C)c1=O.CC(C)N1CCCN(C(C)C)CC1. The molecule has 196 valence electrons. The van der Waals surface area contributed by atoms with Crippen LogP contribution in [0.4, 0.5) is 0 Å². The van der Waals surface area contributed by atoms with Crippen LogP contribution in [-0.4, -0.2) is 57.2 Å². The minimum absolute atomic E-state index is 0. The molecule has 0 radical (unpaired) electrons. The third kappa shape index (κ3) is 10.2. The van der Waals surface area contributed by atoms with E-state index in [0.29, 0.717) is 24.2 Å². The van der Waals surface area contributed by atoms with Crippen molar-refractivity contribution in [2.45, 2.75) is 121 Å². The molecule has 1 aliphatic rings. The molecule has 1 fully saturated rings. The number of hydrogen-bond acceptors (Lipinski definition) is 4. The van der Waals surface area contributed by atoms with Gasteiger partial charge in [-0.05, 0) is 72.9 Å². The van der Waals surface area contributed by atoms with Crippen LogP contribution in [0.2, 0.25) is 0 Å². The van der Waals surface area contributed by atoms with Crippen LogP contribution in [0.3, 0.4) is 0 Å². The molecule has 0 spiro atoms. The molecule has 2 heterocycles. The van der Waals surface area contributed by atoms with Crippen LogP contribution in [0.25, 0.3) is 0 Å². The normalized spacial score (nSPS) is 15.4. The first-order valence-corrected chi connectivity index (χ1v) is 12.2. The molecule has 0 unspecified atom stereocenters. The summed E-state index contributed by atoms with van der Waals surface area (Å²) in [5.41, 5.74) is 0.373. The van der Waals surface area contributed by atoms with Gasteiger partial charge >= 0.3 is 5.69 Å². The van der Waals surface area contributed by atoms with E-state index in [4.69, 9.17) is 0 Å². The molecule has 1 saturated heterocycles. The smallest absolute Gasteiger partial charge is 0.300 e. The zero-order valence-corrected chi connectivity index (χ0v) is 21.8. The second-order valence-corrected chi connectivity index (χ2v) is 10.4. The fraction of sp³-hybridized carbons (Fsp3) is 0.852. The maximum absolute atomic E-state index is 12.3. The number of nitrogens with zero attached hydrogens (tertiary/aromatic N) is 4. The topological polar surface area (TPSA) is 50.5 Å². The standard InChI is InChI=1S/C14H24N2O2.C11H24N2.2CH4/c1-9(2)7-16-13(17)12(10(3)4)8-15(11(5)6)14(16)18;1-10(2)12-6-5-7-13(9-8-12)11(3)4;;/h8-11H,7H2,1-6H3;10-11H,5-9H2,1-4H3;2*1H4. The summed E-state index contributed by atoms with van der Waals surface area (Å²) < 4.78 is 3.03. The molecule has 0 saturated carbocycles. The number of rotatable bonds is 6. The van der Waals surface area contributed by atoms with E-state index in [9.17, 15) is 9.59 Å². The lowest BCUT2D eigenvalue weighted by atomic mass is 10.1. The van der Waals surface area contributed by atoms with Gasteiger partial charge in [-0.15, -0.1) is 0 Å². The molecule has 6 heteroatoms. The maximum atomic E-state index is 12.3. The molecule has 2 rings (SSSR count). The monoisotopic (exact) mass is 468 g/mol. The van der Waals surface area contributed by atoms with Crippen molar-refractivity contribution in [1.29, 1.82) is 0 Å². The van der Waals surface area contributed by atoms with Gasteiger partial charge < -0.3 is 0 Å². The molecular weight excluding hydrogens is 412 g/mol. The molecule has 1 aromatic rings. The van der Waals surface area contributed by atoms with Crippen molar-refractivity contribution in [2.24, 2.45) is 5.92 Å². The van der Waals surface area contributed by atoms with Gasteiger partial charge in [-0.3, -0.25) is 23.7 Å². The molecular formula is C27H56N4O2. The van der Waals surface area contributed by atoms with Crippen LogP contribution in [-0.2, 0) is 6.54 Å². The highest BCUT2D eigenvalue weighted by Gasteiger charge is 2.18. The number of aromatic nitrogens is 2. The Morgan fingerprint density at radius 3 is 1.52 bits per heavy atom. The lowest BCUT2D eigenvalue weighted by Crippen LogP contribution is -2.43. The predicted octanol–water partition coefficient (Wildman–Crippen LogP) is 5.45. The Balaban J connectivity index is 0. The van der Waals surface area contributed by atoms with E-state index in [0.717, 1.165) is 0 Å². The van der Waals surface area contributed by atoms with Gasteiger partial charge in [0.2, 0.25) is 0 Å². The Hall–Kier alpha value is -1.40. The Bertz CT molecular complexity index is 719. The maximum Gasteiger partial charge on any atom is 0.331 e. The Morgan fingerprint density at radius 1 is 0.727 bits per heavy atom. The lowest BCUT2D eigenvalue weighted by molar-refractivity contribution is 0.202. The molecule has 0 N–H and O–H groups in total. The molecule has 33 heavy (non-hydrogen) atoms. The van der Waals surface area contributed by atoms with Crippen molar-refractivity contribution in [3.63, 3.8) is 0 Å². The molecule has 0 amide bonds. The fourth-order valence-electron chi connectivity index (χ4n) is 3.92. The summed E-state index contributed by atoms with van der Waals surface area (Å²) in [5, 5.41) is 0. The third-order valence-corrected chi connectivity index (χ3v) is 5.97. The summed E-state index contributed by atoms with van der Waals surface area (Å²) in [5.74, 6) is 0.403. The van der Waals surface area contributed by atoms with Gasteiger partial charge in [0.1, 0.15) is 0 Å². The fourth-order valence-corrected chi connectivity index (χ4v) is 3.92. The van der Waals surface area contributed by atoms with Crippen molar-refractivity contribution < 1.29 is 0 Å². The highest BCUT2D eigenvalue weighted by molar-refractivity contribution is 5.11. The molecule has 0 bridgehead atoms. The van der Waals surface area contributed by atoms with E-state index in [-0.39, 0.29) is 44.0 Å². The van der Waals surface area contributed by atoms with Crippen molar-refractivity contribution in [3.8, 4) is 0 Å². The lowest BCUT2D eigenvalue weighted by Gasteiger charge is -2.26. The molecule has 0 aromatic carbocycles. The van der Waals surface area contributed by atoms with Gasteiger partial charge in [0.25, 0.3) is 5.56 Å². The molecule has 0 aliphatic carbocycles. The van der Waals surface area contributed by atoms with Crippen LogP contribution in [0.1, 0.15) is 108 Å². The average molecular weight is 469 g/mol. The quantitative estimate of drug-likeness (QED) is 0.557. The Kier molecular flexibility index (Phi) is 15.9. The van der Waals surface area contributed by atoms with Gasteiger partial charge in [-0.1, -0.05) is 42.5 Å². The zero-order chi connectivity index (χ0) is 23.9. The second kappa shape index (κ2) is 15.5. The van der Waals surface area contributed by atoms with Crippen molar-refractivity contribution >= 4 is 0 Å². The summed E-state index contributed by atoms with van der Waals surface area (Å²) >= 11 is 0. The minimum Gasteiger partial charge on any atom is -0.300 e. The van der Waals surface area contributed by atoms with Crippen LogP contribution < -0.4 is 11.2 Å². The summed E-state index contributed by atoms with van der Waals surface area (Å²) in [4.78, 5) is 29.7. The summed E-state index contributed by atoms with van der Waals surface area (Å²) in [6, 6.07) is 1.49. The summed E-state index contributed by atoms with van der Waals surface area (Å²) in [6.07, 6.45) is 3.05. The summed E-state index contributed by atoms with van der Waals surface area (Å²) in [6.45, 7) is 26.6. The Labute approximate surface area is 205 Å². The first-order valence-electron chi connectivity index (χ1n) is 12.2. The van der Waals surface area contributed by atoms with Crippen molar-refractivity contribution in [3.05, 3.63) is 32.6 Å². The highest BCUT2D eigenvalue weighted by atomic mass is 16.2. The van der Waals surface area contributed by atoms with Gasteiger partial charge in [-0.2, -0.15) is 0 Å². The van der Waals surface area contributed by atoms with Crippen LogP contribution in [0.15, 0.2) is 15.8 Å². The van der Waals surface area contributed by atoms with E-state index >= 15 is 0 Å². The van der Waals surface area contributed by atoms with Gasteiger partial charge in [-0.25, -0.2) is 4.79 Å². The van der Waals surface area contributed by atoms with Crippen molar-refractivity contribution in [1.82, 2.24) is 18.9 Å². The zero-order valence-electron chi connectivity index (χ0n) is 21.8. The first-order chi connectivity index (χ1) is 14.4. The highest BCUT2D eigenvalue weighted by Crippen LogP contribution is 2.11. The Morgan fingerprint density at radius 2 is 1.18 bits per heavy atom. The van der Waals surface area contributed by atoms with Crippen LogP contribution >= 0.6 is 0 Å². The van der Waals surface area contributed by atoms with E-state index < -0.39 is 0 Å². The first kappa shape index (κ1) is 33.8. The van der Waals surface area contributed by atoms with Crippen molar-refractivity contribution in [2.75, 3.05) is 26.2 Å². The van der Waals surface area contributed by atoms with E-state index in [1.165, 1.54) is 37.2 Å². The van der Waals surface area contributed by atoms with Gasteiger partial charge in [0.05, 0.1) is 0 Å². The summed E-state index contributed by atoms with van der Waals surface area (Å²) in [7, 11) is 0. The number of hydrogen-bond donors (Lipinski definition) is 0.